The third-order valence-electron chi connectivity index (χ3n) is 4.47. The highest BCUT2D eigenvalue weighted by atomic mass is 16.6. The van der Waals surface area contributed by atoms with Crippen molar-refractivity contribution in [3.05, 3.63) is 40.0 Å². The molecule has 1 aromatic rings. The molecular formula is C19H26N2O5. The Morgan fingerprint density at radius 2 is 2.08 bits per heavy atom. The van der Waals surface area contributed by atoms with Crippen LogP contribution in [0.15, 0.2) is 24.3 Å². The summed E-state index contributed by atoms with van der Waals surface area (Å²) in [5, 5.41) is 20.6. The monoisotopic (exact) mass is 362 g/mol. The second-order valence-corrected chi connectivity index (χ2v) is 7.02. The summed E-state index contributed by atoms with van der Waals surface area (Å²) in [4.78, 5) is 24.3. The molecule has 142 valence electrons. The fourth-order valence-corrected chi connectivity index (χ4v) is 3.26. The van der Waals surface area contributed by atoms with Crippen molar-refractivity contribution in [3.63, 3.8) is 0 Å². The molecule has 0 aliphatic carbocycles. The summed E-state index contributed by atoms with van der Waals surface area (Å²) < 4.78 is 5.43. The van der Waals surface area contributed by atoms with Crippen LogP contribution in [0, 0.1) is 16.0 Å². The second-order valence-electron chi connectivity index (χ2n) is 7.02. The van der Waals surface area contributed by atoms with Crippen molar-refractivity contribution in [1.29, 1.82) is 0 Å². The van der Waals surface area contributed by atoms with E-state index in [4.69, 9.17) is 9.84 Å². The minimum absolute atomic E-state index is 0.00720. The molecule has 0 spiro atoms. The number of hydrogen-bond donors (Lipinski definition) is 1. The first-order valence-electron chi connectivity index (χ1n) is 8.84. The van der Waals surface area contributed by atoms with Crippen molar-refractivity contribution >= 4 is 22.9 Å². The van der Waals surface area contributed by atoms with E-state index in [1.54, 1.807) is 19.1 Å². The van der Waals surface area contributed by atoms with Crippen LogP contribution < -0.4 is 4.90 Å². The molecule has 0 atom stereocenters. The molecule has 7 nitrogen and oxygen atoms in total. The van der Waals surface area contributed by atoms with E-state index in [1.807, 2.05) is 0 Å². The van der Waals surface area contributed by atoms with Gasteiger partial charge in [-0.05, 0) is 42.9 Å². The van der Waals surface area contributed by atoms with Crippen LogP contribution in [0.25, 0.3) is 5.57 Å². The summed E-state index contributed by atoms with van der Waals surface area (Å²) in [6.45, 7) is 7.85. The molecule has 0 amide bonds. The maximum Gasteiger partial charge on any atom is 0.328 e. The number of carboxylic acids is 1. The van der Waals surface area contributed by atoms with Gasteiger partial charge in [-0.3, -0.25) is 10.1 Å². The van der Waals surface area contributed by atoms with Crippen LogP contribution in [-0.4, -0.2) is 41.8 Å². The highest BCUT2D eigenvalue weighted by Gasteiger charge is 2.28. The van der Waals surface area contributed by atoms with Crippen molar-refractivity contribution < 1.29 is 19.6 Å². The average molecular weight is 362 g/mol. The zero-order valence-corrected chi connectivity index (χ0v) is 15.5. The van der Waals surface area contributed by atoms with Crippen LogP contribution >= 0.6 is 0 Å². The molecule has 0 bridgehead atoms. The molecule has 0 radical (unpaired) electrons. The van der Waals surface area contributed by atoms with Gasteiger partial charge in [-0.25, -0.2) is 4.79 Å². The Morgan fingerprint density at radius 3 is 2.62 bits per heavy atom. The van der Waals surface area contributed by atoms with E-state index < -0.39 is 5.97 Å². The molecule has 7 heteroatoms. The largest absolute Gasteiger partial charge is 0.478 e. The number of carbonyl (C=O) groups is 1. The molecule has 2 rings (SSSR count). The Morgan fingerprint density at radius 1 is 1.42 bits per heavy atom. The Balaban J connectivity index is 2.46. The SMILES string of the molecule is CC(=CC(=O)O)c1ccc(N(CC(C)C)C2CCOCC2)c([N+](=O)[O-])c1. The average Bonchev–Trinajstić information content (AvgIpc) is 2.59. The molecule has 0 aromatic heterocycles. The van der Waals surface area contributed by atoms with E-state index in [1.165, 1.54) is 6.07 Å². The van der Waals surface area contributed by atoms with E-state index in [0.717, 1.165) is 25.5 Å². The first-order valence-corrected chi connectivity index (χ1v) is 8.84. The quantitative estimate of drug-likeness (QED) is 0.451. The number of anilines is 1. The van der Waals surface area contributed by atoms with Crippen LogP contribution in [0.1, 0.15) is 39.2 Å². The van der Waals surface area contributed by atoms with Gasteiger partial charge in [0.2, 0.25) is 0 Å². The number of rotatable bonds is 7. The molecule has 0 unspecified atom stereocenters. The van der Waals surface area contributed by atoms with Gasteiger partial charge in [0, 0.05) is 37.9 Å². The molecule has 0 saturated carbocycles. The fraction of sp³-hybridized carbons (Fsp3) is 0.526. The summed E-state index contributed by atoms with van der Waals surface area (Å²) >= 11 is 0. The fourth-order valence-electron chi connectivity index (χ4n) is 3.26. The molecule has 1 aromatic carbocycles. The number of benzene rings is 1. The lowest BCUT2D eigenvalue weighted by molar-refractivity contribution is -0.384. The predicted octanol–water partition coefficient (Wildman–Crippen LogP) is 3.72. The highest BCUT2D eigenvalue weighted by molar-refractivity contribution is 5.90. The molecule has 1 heterocycles. The minimum Gasteiger partial charge on any atom is -0.478 e. The number of carboxylic acid groups (broad SMARTS) is 1. The van der Waals surface area contributed by atoms with Gasteiger partial charge >= 0.3 is 5.97 Å². The first-order chi connectivity index (χ1) is 12.3. The molecule has 1 aliphatic rings. The van der Waals surface area contributed by atoms with E-state index >= 15 is 0 Å². The first kappa shape index (κ1) is 19.9. The minimum atomic E-state index is -1.07. The zero-order valence-electron chi connectivity index (χ0n) is 15.5. The Bertz CT molecular complexity index is 693. The second kappa shape index (κ2) is 8.80. The van der Waals surface area contributed by atoms with Gasteiger partial charge in [-0.1, -0.05) is 19.9 Å². The Hall–Kier alpha value is -2.41. The van der Waals surface area contributed by atoms with Crippen LogP contribution in [0.3, 0.4) is 0 Å². The maximum atomic E-state index is 11.7. The van der Waals surface area contributed by atoms with Gasteiger partial charge in [-0.2, -0.15) is 0 Å². The van der Waals surface area contributed by atoms with Gasteiger partial charge in [0.15, 0.2) is 0 Å². The molecular weight excluding hydrogens is 336 g/mol. The van der Waals surface area contributed by atoms with Gasteiger partial charge < -0.3 is 14.7 Å². The number of aliphatic carboxylic acids is 1. The third-order valence-corrected chi connectivity index (χ3v) is 4.47. The van der Waals surface area contributed by atoms with Gasteiger partial charge in [0.05, 0.1) is 4.92 Å². The van der Waals surface area contributed by atoms with E-state index in [9.17, 15) is 14.9 Å². The number of nitrogens with zero attached hydrogens (tertiary/aromatic N) is 2. The summed E-state index contributed by atoms with van der Waals surface area (Å²) in [6, 6.07) is 5.16. The maximum absolute atomic E-state index is 11.7. The number of allylic oxidation sites excluding steroid dienone is 1. The summed E-state index contributed by atoms with van der Waals surface area (Å²) in [5.74, 6) is -0.719. The van der Waals surface area contributed by atoms with Crippen LogP contribution in [0.2, 0.25) is 0 Å². The van der Waals surface area contributed by atoms with Crippen molar-refractivity contribution in [2.45, 2.75) is 39.7 Å². The van der Waals surface area contributed by atoms with Gasteiger partial charge in [0.1, 0.15) is 5.69 Å². The third kappa shape index (κ3) is 5.05. The van der Waals surface area contributed by atoms with E-state index in [-0.39, 0.29) is 16.7 Å². The predicted molar refractivity (Wildman–Crippen MR) is 100 cm³/mol. The van der Waals surface area contributed by atoms with Crippen molar-refractivity contribution in [2.24, 2.45) is 5.92 Å². The lowest BCUT2D eigenvalue weighted by atomic mass is 10.0. The Kier molecular flexibility index (Phi) is 6.74. The molecule has 1 saturated heterocycles. The molecule has 1 N–H and O–H groups in total. The normalized spacial score (nSPS) is 15.9. The summed E-state index contributed by atoms with van der Waals surface area (Å²) in [5.41, 5.74) is 1.61. The Labute approximate surface area is 153 Å². The molecule has 1 fully saturated rings. The number of ether oxygens (including phenoxy) is 1. The lowest BCUT2D eigenvalue weighted by Gasteiger charge is -2.37. The highest BCUT2D eigenvalue weighted by Crippen LogP contribution is 2.35. The zero-order chi connectivity index (χ0) is 19.3. The van der Waals surface area contributed by atoms with Gasteiger partial charge in [0.25, 0.3) is 5.69 Å². The lowest BCUT2D eigenvalue weighted by Crippen LogP contribution is -2.42. The molecule has 26 heavy (non-hydrogen) atoms. The number of nitro groups is 1. The smallest absolute Gasteiger partial charge is 0.328 e. The van der Waals surface area contributed by atoms with E-state index in [0.29, 0.717) is 36.0 Å². The molecule has 1 aliphatic heterocycles. The van der Waals surface area contributed by atoms with Crippen molar-refractivity contribution in [3.8, 4) is 0 Å². The number of hydrogen-bond acceptors (Lipinski definition) is 5. The number of nitro benzene ring substituents is 1. The van der Waals surface area contributed by atoms with Crippen LogP contribution in [0.5, 0.6) is 0 Å². The summed E-state index contributed by atoms with van der Waals surface area (Å²) in [6.07, 6.45) is 2.73. The van der Waals surface area contributed by atoms with Crippen LogP contribution in [-0.2, 0) is 9.53 Å². The summed E-state index contributed by atoms with van der Waals surface area (Å²) in [7, 11) is 0. The van der Waals surface area contributed by atoms with Crippen molar-refractivity contribution in [1.82, 2.24) is 0 Å². The standard InChI is InChI=1S/C19H26N2O5/c1-13(2)12-20(16-6-8-26-9-7-16)17-5-4-15(11-18(17)21(24)25)14(3)10-19(22)23/h4-5,10-11,13,16H,6-9,12H2,1-3H3,(H,22,23). The van der Waals surface area contributed by atoms with Crippen LogP contribution in [0.4, 0.5) is 11.4 Å². The van der Waals surface area contributed by atoms with E-state index in [2.05, 4.69) is 18.7 Å². The van der Waals surface area contributed by atoms with Crippen molar-refractivity contribution in [2.75, 3.05) is 24.7 Å². The van der Waals surface area contributed by atoms with Gasteiger partial charge in [-0.15, -0.1) is 0 Å². The topological polar surface area (TPSA) is 92.9 Å².